The van der Waals surface area contributed by atoms with E-state index in [1.165, 1.54) is 16.7 Å². The average molecular weight is 463 g/mol. The quantitative estimate of drug-likeness (QED) is 0.575. The molecule has 1 aliphatic heterocycles. The van der Waals surface area contributed by atoms with Crippen molar-refractivity contribution >= 4 is 40.0 Å². The third-order valence-corrected chi connectivity index (χ3v) is 6.86. The van der Waals surface area contributed by atoms with Crippen molar-refractivity contribution in [1.29, 1.82) is 0 Å². The number of benzene rings is 1. The number of hydrogen-bond acceptors (Lipinski definition) is 9. The highest BCUT2D eigenvalue weighted by molar-refractivity contribution is 8.13. The zero-order chi connectivity index (χ0) is 22.4. The van der Waals surface area contributed by atoms with Gasteiger partial charge in [-0.3, -0.25) is 4.79 Å². The lowest BCUT2D eigenvalue weighted by Crippen LogP contribution is -2.58. The van der Waals surface area contributed by atoms with Gasteiger partial charge in [-0.15, -0.1) is 11.8 Å². The Balaban J connectivity index is 1.87. The maximum atomic E-state index is 12.8. The number of anilines is 2. The standard InChI is InChI=1S/C22H30N4O3S2/c1-5-16-15(14-27)12-17(21(23-16)29-2)24-26-11-10-25(13-19(26)22(28)31-4)18-8-6-7-9-20(18)30-3/h6-9,12,19,24,27H,5,10-11,13-14H2,1-4H3. The van der Waals surface area contributed by atoms with E-state index in [1.807, 2.05) is 36.4 Å². The minimum atomic E-state index is -0.341. The lowest BCUT2D eigenvalue weighted by molar-refractivity contribution is -0.115. The van der Waals surface area contributed by atoms with Crippen molar-refractivity contribution in [3.8, 4) is 5.88 Å². The molecule has 9 heteroatoms. The summed E-state index contributed by atoms with van der Waals surface area (Å²) in [6.07, 6.45) is 4.59. The molecule has 1 aromatic carbocycles. The van der Waals surface area contributed by atoms with E-state index in [0.29, 0.717) is 31.1 Å². The number of ether oxygens (including phenoxy) is 1. The van der Waals surface area contributed by atoms with Gasteiger partial charge in [-0.25, -0.2) is 9.99 Å². The maximum Gasteiger partial charge on any atom is 0.238 e. The monoisotopic (exact) mass is 462 g/mol. The lowest BCUT2D eigenvalue weighted by atomic mass is 10.1. The fourth-order valence-corrected chi connectivity index (χ4v) is 4.87. The van der Waals surface area contributed by atoms with Gasteiger partial charge in [-0.05, 0) is 37.1 Å². The lowest BCUT2D eigenvalue weighted by Gasteiger charge is -2.42. The summed E-state index contributed by atoms with van der Waals surface area (Å²) in [6, 6.07) is 9.81. The summed E-state index contributed by atoms with van der Waals surface area (Å²) in [5.41, 5.74) is 6.73. The molecule has 0 spiro atoms. The van der Waals surface area contributed by atoms with Crippen LogP contribution in [0.25, 0.3) is 0 Å². The average Bonchev–Trinajstić information content (AvgIpc) is 2.83. The van der Waals surface area contributed by atoms with Crippen LogP contribution in [0.4, 0.5) is 11.4 Å². The highest BCUT2D eigenvalue weighted by Gasteiger charge is 2.33. The molecule has 1 fully saturated rings. The molecule has 168 valence electrons. The van der Waals surface area contributed by atoms with E-state index in [-0.39, 0.29) is 17.8 Å². The number of nitrogens with one attached hydrogen (secondary N) is 1. The van der Waals surface area contributed by atoms with Gasteiger partial charge in [0.25, 0.3) is 0 Å². The summed E-state index contributed by atoms with van der Waals surface area (Å²) in [7, 11) is 1.58. The molecule has 2 aromatic rings. The number of piperazine rings is 1. The molecule has 0 bridgehead atoms. The van der Waals surface area contributed by atoms with Crippen LogP contribution < -0.4 is 15.1 Å². The Labute approximate surface area is 192 Å². The normalized spacial score (nSPS) is 16.9. The first-order valence-corrected chi connectivity index (χ1v) is 12.7. The summed E-state index contributed by atoms with van der Waals surface area (Å²) >= 11 is 2.95. The molecular weight excluding hydrogens is 432 g/mol. The van der Waals surface area contributed by atoms with Crippen molar-refractivity contribution < 1.29 is 14.6 Å². The van der Waals surface area contributed by atoms with Gasteiger partial charge >= 0.3 is 0 Å². The van der Waals surface area contributed by atoms with E-state index in [0.717, 1.165) is 23.5 Å². The molecule has 1 unspecified atom stereocenters. The summed E-state index contributed by atoms with van der Waals surface area (Å²) in [5, 5.41) is 11.8. The zero-order valence-corrected chi connectivity index (χ0v) is 20.1. The van der Waals surface area contributed by atoms with Crippen LogP contribution >= 0.6 is 23.5 Å². The van der Waals surface area contributed by atoms with Crippen LogP contribution in [0, 0.1) is 0 Å². The molecule has 31 heavy (non-hydrogen) atoms. The Morgan fingerprint density at radius 1 is 1.32 bits per heavy atom. The molecule has 0 aliphatic carbocycles. The van der Waals surface area contributed by atoms with Crippen LogP contribution in [0.1, 0.15) is 18.2 Å². The minimum Gasteiger partial charge on any atom is -0.479 e. The van der Waals surface area contributed by atoms with E-state index in [2.05, 4.69) is 33.7 Å². The number of rotatable bonds is 8. The number of thioether (sulfide) groups is 2. The first kappa shape index (κ1) is 23.7. The van der Waals surface area contributed by atoms with Gasteiger partial charge in [0, 0.05) is 35.8 Å². The van der Waals surface area contributed by atoms with Crippen molar-refractivity contribution in [3.63, 3.8) is 0 Å². The van der Waals surface area contributed by atoms with Crippen LogP contribution in [0.15, 0.2) is 35.2 Å². The molecule has 1 atom stereocenters. The SMILES string of the molecule is CCc1nc(OC)c(NN2CCN(c3ccccc3SC)CC2C(=O)SC)cc1CO. The molecule has 7 nitrogen and oxygen atoms in total. The number of methoxy groups -OCH3 is 1. The molecule has 2 heterocycles. The summed E-state index contributed by atoms with van der Waals surface area (Å²) in [6.45, 7) is 3.90. The van der Waals surface area contributed by atoms with E-state index in [9.17, 15) is 9.90 Å². The fourth-order valence-electron chi connectivity index (χ4n) is 3.77. The number of para-hydroxylation sites is 1. The molecule has 0 amide bonds. The van der Waals surface area contributed by atoms with Crippen LogP contribution in [-0.4, -0.2) is 65.5 Å². The van der Waals surface area contributed by atoms with Crippen LogP contribution in [0.3, 0.4) is 0 Å². The minimum absolute atomic E-state index is 0.0957. The van der Waals surface area contributed by atoms with E-state index in [1.54, 1.807) is 18.9 Å². The predicted octanol–water partition coefficient (Wildman–Crippen LogP) is 3.27. The number of carbonyl (C=O) groups is 1. The molecule has 0 saturated carbocycles. The van der Waals surface area contributed by atoms with Crippen molar-refractivity contribution in [1.82, 2.24) is 9.99 Å². The maximum absolute atomic E-state index is 12.8. The molecular formula is C22H30N4O3S2. The first-order valence-electron chi connectivity index (χ1n) is 10.2. The van der Waals surface area contributed by atoms with Crippen molar-refractivity contribution in [2.45, 2.75) is 30.9 Å². The number of aromatic nitrogens is 1. The molecule has 0 radical (unpaired) electrons. The highest BCUT2D eigenvalue weighted by atomic mass is 32.2. The van der Waals surface area contributed by atoms with Gasteiger partial charge in [0.15, 0.2) is 0 Å². The van der Waals surface area contributed by atoms with E-state index in [4.69, 9.17) is 4.74 Å². The third-order valence-electron chi connectivity index (χ3n) is 5.40. The zero-order valence-electron chi connectivity index (χ0n) is 18.4. The summed E-state index contributed by atoms with van der Waals surface area (Å²) in [5.74, 6) is 0.458. The van der Waals surface area contributed by atoms with Crippen molar-refractivity contribution in [2.24, 2.45) is 0 Å². The number of aryl methyl sites for hydroxylation is 1. The number of aliphatic hydroxyl groups is 1. The second-order valence-electron chi connectivity index (χ2n) is 7.12. The van der Waals surface area contributed by atoms with Gasteiger partial charge in [0.2, 0.25) is 11.0 Å². The number of aliphatic hydroxyl groups excluding tert-OH is 1. The number of carbonyl (C=O) groups excluding carboxylic acids is 1. The number of hydrazine groups is 1. The van der Waals surface area contributed by atoms with Crippen LogP contribution in [-0.2, 0) is 17.8 Å². The second kappa shape index (κ2) is 11.1. The first-order chi connectivity index (χ1) is 15.1. The van der Waals surface area contributed by atoms with Gasteiger partial charge < -0.3 is 20.2 Å². The third kappa shape index (κ3) is 5.28. The molecule has 1 saturated heterocycles. The summed E-state index contributed by atoms with van der Waals surface area (Å²) in [4.78, 5) is 20.9. The number of pyridine rings is 1. The van der Waals surface area contributed by atoms with Gasteiger partial charge in [0.1, 0.15) is 11.7 Å². The molecule has 1 aliphatic rings. The topological polar surface area (TPSA) is 77.9 Å². The van der Waals surface area contributed by atoms with E-state index < -0.39 is 0 Å². The Hall–Kier alpha value is -1.94. The van der Waals surface area contributed by atoms with Crippen molar-refractivity contribution in [2.75, 3.05) is 49.6 Å². The smallest absolute Gasteiger partial charge is 0.238 e. The van der Waals surface area contributed by atoms with Crippen LogP contribution in [0.2, 0.25) is 0 Å². The Morgan fingerprint density at radius 2 is 2.10 bits per heavy atom. The largest absolute Gasteiger partial charge is 0.479 e. The van der Waals surface area contributed by atoms with Crippen LogP contribution in [0.5, 0.6) is 5.88 Å². The predicted molar refractivity (Wildman–Crippen MR) is 129 cm³/mol. The molecule has 3 rings (SSSR count). The van der Waals surface area contributed by atoms with Gasteiger partial charge in [-0.1, -0.05) is 30.8 Å². The number of nitrogens with zero attached hydrogens (tertiary/aromatic N) is 3. The highest BCUT2D eigenvalue weighted by Crippen LogP contribution is 2.32. The van der Waals surface area contributed by atoms with E-state index >= 15 is 0 Å². The second-order valence-corrected chi connectivity index (χ2v) is 8.78. The van der Waals surface area contributed by atoms with Gasteiger partial charge in [-0.2, -0.15) is 0 Å². The number of hydrogen-bond donors (Lipinski definition) is 2. The summed E-state index contributed by atoms with van der Waals surface area (Å²) < 4.78 is 5.49. The molecule has 2 N–H and O–H groups in total. The Morgan fingerprint density at radius 3 is 2.74 bits per heavy atom. The van der Waals surface area contributed by atoms with Gasteiger partial charge in [0.05, 0.1) is 19.4 Å². The Kier molecular flexibility index (Phi) is 8.48. The fraction of sp³-hybridized carbons (Fsp3) is 0.455. The Bertz CT molecular complexity index is 912. The van der Waals surface area contributed by atoms with Crippen molar-refractivity contribution in [3.05, 3.63) is 41.6 Å². The molecule has 1 aromatic heterocycles.